The Balaban J connectivity index is 2.36. The van der Waals surface area contributed by atoms with Crippen LogP contribution in [0.5, 0.6) is 5.75 Å². The van der Waals surface area contributed by atoms with E-state index in [2.05, 4.69) is 4.99 Å². The van der Waals surface area contributed by atoms with E-state index in [-0.39, 0.29) is 11.7 Å². The van der Waals surface area contributed by atoms with Gasteiger partial charge in [0.25, 0.3) is 5.91 Å². The summed E-state index contributed by atoms with van der Waals surface area (Å²) in [5, 5.41) is 9.30. The normalized spacial score (nSPS) is 18.1. The maximum Gasteiger partial charge on any atom is 0.277 e. The van der Waals surface area contributed by atoms with Crippen molar-refractivity contribution >= 4 is 17.8 Å². The van der Waals surface area contributed by atoms with Crippen LogP contribution in [0.15, 0.2) is 35.0 Å². The van der Waals surface area contributed by atoms with Crippen LogP contribution in [0.2, 0.25) is 0 Å². The summed E-state index contributed by atoms with van der Waals surface area (Å²) in [4.78, 5) is 17.3. The fourth-order valence-corrected chi connectivity index (χ4v) is 1.48. The molecule has 0 aromatic heterocycles. The fourth-order valence-electron chi connectivity index (χ4n) is 1.48. The largest absolute Gasteiger partial charge is 0.508 e. The molecular weight excluding hydrogens is 204 g/mol. The zero-order valence-corrected chi connectivity index (χ0v) is 9.14. The number of aliphatic imine (C=N–C) groups is 1. The molecule has 0 radical (unpaired) electrons. The van der Waals surface area contributed by atoms with Crippen molar-refractivity contribution in [2.24, 2.45) is 4.99 Å². The lowest BCUT2D eigenvalue weighted by Crippen LogP contribution is -2.25. The van der Waals surface area contributed by atoms with Crippen molar-refractivity contribution in [2.75, 3.05) is 7.05 Å². The first-order valence-electron chi connectivity index (χ1n) is 4.92. The molecule has 0 atom stereocenters. The summed E-state index contributed by atoms with van der Waals surface area (Å²) in [6, 6.07) is 6.70. The fraction of sp³-hybridized carbons (Fsp3) is 0.167. The molecule has 1 aliphatic rings. The van der Waals surface area contributed by atoms with Gasteiger partial charge in [-0.15, -0.1) is 0 Å². The molecule has 0 saturated heterocycles. The molecule has 82 valence electrons. The number of likely N-dealkylation sites (N-methyl/N-ethyl adjacent to an activating group) is 1. The number of aromatic hydroxyl groups is 1. The summed E-state index contributed by atoms with van der Waals surface area (Å²) in [5.74, 6) is 0.728. The van der Waals surface area contributed by atoms with Crippen LogP contribution in [0, 0.1) is 0 Å². The number of carbonyl (C=O) groups is 1. The minimum Gasteiger partial charge on any atom is -0.508 e. The molecule has 16 heavy (non-hydrogen) atoms. The second-order valence-corrected chi connectivity index (χ2v) is 3.65. The van der Waals surface area contributed by atoms with Crippen molar-refractivity contribution in [2.45, 2.75) is 6.92 Å². The Labute approximate surface area is 93.5 Å². The number of phenols is 1. The summed E-state index contributed by atoms with van der Waals surface area (Å²) in [5.41, 5.74) is 1.15. The van der Waals surface area contributed by atoms with E-state index in [1.54, 1.807) is 38.2 Å². The molecule has 4 heteroatoms. The quantitative estimate of drug-likeness (QED) is 0.725. The molecule has 2 rings (SSSR count). The molecule has 4 nitrogen and oxygen atoms in total. The van der Waals surface area contributed by atoms with Crippen LogP contribution in [0.4, 0.5) is 0 Å². The average molecular weight is 216 g/mol. The van der Waals surface area contributed by atoms with Gasteiger partial charge in [0.05, 0.1) is 0 Å². The smallest absolute Gasteiger partial charge is 0.277 e. The standard InChI is InChI=1S/C12H12N2O2/c1-8-13-11(12(16)14(8)2)7-9-4-3-5-10(15)6-9/h3-7,15H,1-2H3/b11-7-. The molecule has 0 bridgehead atoms. The predicted octanol–water partition coefficient (Wildman–Crippen LogP) is 1.62. The number of nitrogens with zero attached hydrogens (tertiary/aromatic N) is 2. The summed E-state index contributed by atoms with van der Waals surface area (Å²) in [6.45, 7) is 1.78. The number of benzene rings is 1. The molecule has 0 saturated carbocycles. The van der Waals surface area contributed by atoms with Crippen molar-refractivity contribution < 1.29 is 9.90 Å². The van der Waals surface area contributed by atoms with E-state index < -0.39 is 0 Å². The zero-order chi connectivity index (χ0) is 11.7. The lowest BCUT2D eigenvalue weighted by molar-refractivity contribution is -0.121. The van der Waals surface area contributed by atoms with Gasteiger partial charge in [0, 0.05) is 7.05 Å². The van der Waals surface area contributed by atoms with Gasteiger partial charge in [-0.05, 0) is 30.7 Å². The molecule has 0 aliphatic carbocycles. The van der Waals surface area contributed by atoms with Crippen molar-refractivity contribution in [1.82, 2.24) is 4.90 Å². The molecule has 1 N–H and O–H groups in total. The molecule has 1 aliphatic heterocycles. The van der Waals surface area contributed by atoms with Crippen LogP contribution in [0.3, 0.4) is 0 Å². The molecule has 1 amide bonds. The topological polar surface area (TPSA) is 52.9 Å². The Morgan fingerprint density at radius 2 is 2.19 bits per heavy atom. The molecular formula is C12H12N2O2. The third kappa shape index (κ3) is 1.82. The van der Waals surface area contributed by atoms with Gasteiger partial charge in [-0.3, -0.25) is 9.69 Å². The van der Waals surface area contributed by atoms with Gasteiger partial charge in [0.15, 0.2) is 0 Å². The third-order valence-electron chi connectivity index (χ3n) is 2.47. The SMILES string of the molecule is CC1=N/C(=C\c2cccc(O)c2)C(=O)N1C. The second kappa shape index (κ2) is 3.81. The molecule has 1 aromatic carbocycles. The van der Waals surface area contributed by atoms with Crippen LogP contribution in [-0.2, 0) is 4.79 Å². The first-order valence-corrected chi connectivity index (χ1v) is 4.92. The minimum atomic E-state index is -0.124. The number of amidine groups is 1. The number of carbonyl (C=O) groups excluding carboxylic acids is 1. The molecule has 0 unspecified atom stereocenters. The Bertz CT molecular complexity index is 503. The summed E-state index contributed by atoms with van der Waals surface area (Å²) < 4.78 is 0. The Morgan fingerprint density at radius 3 is 2.75 bits per heavy atom. The summed E-state index contributed by atoms with van der Waals surface area (Å²) >= 11 is 0. The van der Waals surface area contributed by atoms with Crippen LogP contribution in [0.1, 0.15) is 12.5 Å². The molecule has 1 aromatic rings. The van der Waals surface area contributed by atoms with Crippen molar-refractivity contribution in [3.8, 4) is 5.75 Å². The first kappa shape index (κ1) is 10.4. The maximum absolute atomic E-state index is 11.7. The van der Waals surface area contributed by atoms with Crippen LogP contribution in [0.25, 0.3) is 6.08 Å². The highest BCUT2D eigenvalue weighted by molar-refractivity contribution is 6.13. The van der Waals surface area contributed by atoms with Crippen molar-refractivity contribution in [3.05, 3.63) is 35.5 Å². The van der Waals surface area contributed by atoms with Crippen LogP contribution < -0.4 is 0 Å². The summed E-state index contributed by atoms with van der Waals surface area (Å²) in [6.07, 6.45) is 1.66. The van der Waals surface area contributed by atoms with Gasteiger partial charge < -0.3 is 5.11 Å². The van der Waals surface area contributed by atoms with Gasteiger partial charge in [-0.2, -0.15) is 0 Å². The lowest BCUT2D eigenvalue weighted by atomic mass is 10.2. The Morgan fingerprint density at radius 1 is 1.44 bits per heavy atom. The summed E-state index contributed by atoms with van der Waals surface area (Å²) in [7, 11) is 1.68. The van der Waals surface area contributed by atoms with Crippen LogP contribution >= 0.6 is 0 Å². The maximum atomic E-state index is 11.7. The Kier molecular flexibility index (Phi) is 2.48. The highest BCUT2D eigenvalue weighted by Gasteiger charge is 2.23. The van der Waals surface area contributed by atoms with Gasteiger partial charge in [-0.1, -0.05) is 12.1 Å². The number of rotatable bonds is 1. The monoisotopic (exact) mass is 216 g/mol. The highest BCUT2D eigenvalue weighted by Crippen LogP contribution is 2.19. The van der Waals surface area contributed by atoms with E-state index in [4.69, 9.17) is 0 Å². The van der Waals surface area contributed by atoms with E-state index in [0.29, 0.717) is 11.5 Å². The molecule has 0 spiro atoms. The van der Waals surface area contributed by atoms with Gasteiger partial charge in [0.2, 0.25) is 0 Å². The molecule has 1 heterocycles. The number of amides is 1. The number of phenolic OH excluding ortho intramolecular Hbond substituents is 1. The van der Waals surface area contributed by atoms with Crippen molar-refractivity contribution in [3.63, 3.8) is 0 Å². The first-order chi connectivity index (χ1) is 7.58. The highest BCUT2D eigenvalue weighted by atomic mass is 16.3. The number of hydrogen-bond donors (Lipinski definition) is 1. The van der Waals surface area contributed by atoms with E-state index >= 15 is 0 Å². The van der Waals surface area contributed by atoms with E-state index in [9.17, 15) is 9.90 Å². The number of hydrogen-bond acceptors (Lipinski definition) is 3. The van der Waals surface area contributed by atoms with E-state index in [0.717, 1.165) is 5.56 Å². The van der Waals surface area contributed by atoms with E-state index in [1.807, 2.05) is 6.07 Å². The predicted molar refractivity (Wildman–Crippen MR) is 62.0 cm³/mol. The zero-order valence-electron chi connectivity index (χ0n) is 9.14. The van der Waals surface area contributed by atoms with Crippen molar-refractivity contribution in [1.29, 1.82) is 0 Å². The molecule has 0 fully saturated rings. The van der Waals surface area contributed by atoms with Gasteiger partial charge >= 0.3 is 0 Å². The third-order valence-corrected chi connectivity index (χ3v) is 2.47. The average Bonchev–Trinajstić information content (AvgIpc) is 2.47. The van der Waals surface area contributed by atoms with E-state index in [1.165, 1.54) is 4.90 Å². The minimum absolute atomic E-state index is 0.124. The Hall–Kier alpha value is -2.10. The second-order valence-electron chi connectivity index (χ2n) is 3.65. The van der Waals surface area contributed by atoms with Crippen LogP contribution in [-0.4, -0.2) is 28.8 Å². The lowest BCUT2D eigenvalue weighted by Gasteiger charge is -2.05. The van der Waals surface area contributed by atoms with Gasteiger partial charge in [0.1, 0.15) is 17.3 Å². The van der Waals surface area contributed by atoms with Gasteiger partial charge in [-0.25, -0.2) is 4.99 Å².